The van der Waals surface area contributed by atoms with E-state index in [0.717, 1.165) is 18.2 Å². The number of methoxy groups -OCH3 is 1. The third-order valence-corrected chi connectivity index (χ3v) is 2.93. The van der Waals surface area contributed by atoms with Crippen molar-refractivity contribution in [2.75, 3.05) is 19.0 Å². The standard InChI is InChI=1S/C15H12F2N2O5/c1-23-10-3-5-14(13(7-10)19(21)22)24-8-15(20)18-12-4-2-9(16)6-11(12)17/h2-7H,8H2,1H3,(H,18,20). The van der Waals surface area contributed by atoms with Crippen molar-refractivity contribution < 1.29 is 28.0 Å². The SMILES string of the molecule is COc1ccc(OCC(=O)Nc2ccc(F)cc2F)c([N+](=O)[O-])c1. The number of benzene rings is 2. The molecular formula is C15H12F2N2O5. The summed E-state index contributed by atoms with van der Waals surface area (Å²) in [7, 11) is 1.35. The van der Waals surface area contributed by atoms with E-state index in [4.69, 9.17) is 9.47 Å². The molecule has 2 aromatic carbocycles. The highest BCUT2D eigenvalue weighted by molar-refractivity contribution is 5.92. The van der Waals surface area contributed by atoms with E-state index >= 15 is 0 Å². The summed E-state index contributed by atoms with van der Waals surface area (Å²) in [6.45, 7) is -0.593. The maximum Gasteiger partial charge on any atom is 0.314 e. The van der Waals surface area contributed by atoms with Crippen LogP contribution in [0.2, 0.25) is 0 Å². The minimum Gasteiger partial charge on any atom is -0.496 e. The van der Waals surface area contributed by atoms with E-state index in [1.165, 1.54) is 19.2 Å². The van der Waals surface area contributed by atoms with Gasteiger partial charge in [0, 0.05) is 6.07 Å². The van der Waals surface area contributed by atoms with Gasteiger partial charge in [-0.05, 0) is 24.3 Å². The highest BCUT2D eigenvalue weighted by atomic mass is 19.1. The van der Waals surface area contributed by atoms with Crippen molar-refractivity contribution in [2.24, 2.45) is 0 Å². The molecule has 126 valence electrons. The van der Waals surface area contributed by atoms with Gasteiger partial charge in [0.25, 0.3) is 5.91 Å². The van der Waals surface area contributed by atoms with E-state index in [9.17, 15) is 23.7 Å². The Balaban J connectivity index is 2.05. The second-order valence-corrected chi connectivity index (χ2v) is 4.55. The molecule has 0 saturated carbocycles. The van der Waals surface area contributed by atoms with Crippen molar-refractivity contribution >= 4 is 17.3 Å². The van der Waals surface area contributed by atoms with E-state index < -0.39 is 29.1 Å². The molecular weight excluding hydrogens is 326 g/mol. The number of ether oxygens (including phenoxy) is 2. The number of nitro benzene ring substituents is 1. The van der Waals surface area contributed by atoms with Gasteiger partial charge in [0.2, 0.25) is 0 Å². The predicted octanol–water partition coefficient (Wildman–Crippen LogP) is 2.90. The fraction of sp³-hybridized carbons (Fsp3) is 0.133. The van der Waals surface area contributed by atoms with E-state index in [0.29, 0.717) is 6.07 Å². The molecule has 1 N–H and O–H groups in total. The lowest BCUT2D eigenvalue weighted by molar-refractivity contribution is -0.385. The van der Waals surface area contributed by atoms with Crippen molar-refractivity contribution in [3.8, 4) is 11.5 Å². The first-order chi connectivity index (χ1) is 11.4. The first-order valence-corrected chi connectivity index (χ1v) is 6.61. The second kappa shape index (κ2) is 7.36. The smallest absolute Gasteiger partial charge is 0.314 e. The molecule has 9 heteroatoms. The molecule has 0 heterocycles. The Morgan fingerprint density at radius 2 is 2.00 bits per heavy atom. The Morgan fingerprint density at radius 3 is 2.62 bits per heavy atom. The molecule has 0 atom stereocenters. The topological polar surface area (TPSA) is 90.7 Å². The van der Waals surface area contributed by atoms with Crippen molar-refractivity contribution in [1.29, 1.82) is 0 Å². The molecule has 7 nitrogen and oxygen atoms in total. The average molecular weight is 338 g/mol. The van der Waals surface area contributed by atoms with Crippen LogP contribution in [0.25, 0.3) is 0 Å². The number of rotatable bonds is 6. The van der Waals surface area contributed by atoms with E-state index in [1.54, 1.807) is 0 Å². The normalized spacial score (nSPS) is 10.1. The number of nitrogens with one attached hydrogen (secondary N) is 1. The molecule has 0 saturated heterocycles. The van der Waals surface area contributed by atoms with Gasteiger partial charge in [0.05, 0.1) is 23.8 Å². The summed E-state index contributed by atoms with van der Waals surface area (Å²) in [5.41, 5.74) is -0.607. The third-order valence-electron chi connectivity index (χ3n) is 2.93. The Labute approximate surface area is 135 Å². The summed E-state index contributed by atoms with van der Waals surface area (Å²) >= 11 is 0. The zero-order valence-corrected chi connectivity index (χ0v) is 12.4. The van der Waals surface area contributed by atoms with Crippen LogP contribution >= 0.6 is 0 Å². The number of halogens is 2. The van der Waals surface area contributed by atoms with Crippen LogP contribution in [0, 0.1) is 21.7 Å². The van der Waals surface area contributed by atoms with Gasteiger partial charge >= 0.3 is 5.69 Å². The number of carbonyl (C=O) groups is 1. The number of hydrogen-bond donors (Lipinski definition) is 1. The Morgan fingerprint density at radius 1 is 1.25 bits per heavy atom. The molecule has 2 rings (SSSR count). The highest BCUT2D eigenvalue weighted by Gasteiger charge is 2.18. The molecule has 24 heavy (non-hydrogen) atoms. The monoisotopic (exact) mass is 338 g/mol. The zero-order valence-electron chi connectivity index (χ0n) is 12.4. The quantitative estimate of drug-likeness (QED) is 0.646. The van der Waals surface area contributed by atoms with Gasteiger partial charge in [-0.3, -0.25) is 14.9 Å². The Kier molecular flexibility index (Phi) is 5.25. The minimum atomic E-state index is -0.946. The molecule has 0 aromatic heterocycles. The van der Waals surface area contributed by atoms with E-state index in [1.807, 2.05) is 0 Å². The average Bonchev–Trinajstić information content (AvgIpc) is 2.55. The van der Waals surface area contributed by atoms with Crippen LogP contribution in [0.4, 0.5) is 20.2 Å². The maximum atomic E-state index is 13.4. The summed E-state index contributed by atoms with van der Waals surface area (Å²) in [4.78, 5) is 22.0. The fourth-order valence-electron chi connectivity index (χ4n) is 1.81. The second-order valence-electron chi connectivity index (χ2n) is 4.55. The van der Waals surface area contributed by atoms with Gasteiger partial charge < -0.3 is 14.8 Å². The third kappa shape index (κ3) is 4.15. The lowest BCUT2D eigenvalue weighted by Crippen LogP contribution is -2.21. The summed E-state index contributed by atoms with van der Waals surface area (Å²) in [6.07, 6.45) is 0. The lowest BCUT2D eigenvalue weighted by Gasteiger charge is -2.09. The van der Waals surface area contributed by atoms with Gasteiger partial charge in [-0.2, -0.15) is 0 Å². The van der Waals surface area contributed by atoms with Gasteiger partial charge in [-0.1, -0.05) is 0 Å². The van der Waals surface area contributed by atoms with Crippen LogP contribution in [0.1, 0.15) is 0 Å². The molecule has 0 aliphatic carbocycles. The summed E-state index contributed by atoms with van der Waals surface area (Å²) < 4.78 is 36.2. The number of anilines is 1. The van der Waals surface area contributed by atoms with Crippen LogP contribution in [0.5, 0.6) is 11.5 Å². The van der Waals surface area contributed by atoms with Crippen molar-refractivity contribution in [1.82, 2.24) is 0 Å². The largest absolute Gasteiger partial charge is 0.496 e. The summed E-state index contributed by atoms with van der Waals surface area (Å²) in [5.74, 6) is -2.37. The van der Waals surface area contributed by atoms with Crippen LogP contribution in [-0.4, -0.2) is 24.5 Å². The maximum absolute atomic E-state index is 13.4. The molecule has 0 aliphatic rings. The van der Waals surface area contributed by atoms with Crippen molar-refractivity contribution in [2.45, 2.75) is 0 Å². The van der Waals surface area contributed by atoms with Crippen LogP contribution in [-0.2, 0) is 4.79 Å². The van der Waals surface area contributed by atoms with Crippen LogP contribution in [0.15, 0.2) is 36.4 Å². The highest BCUT2D eigenvalue weighted by Crippen LogP contribution is 2.31. The summed E-state index contributed by atoms with van der Waals surface area (Å²) in [5, 5.41) is 13.2. The molecule has 0 radical (unpaired) electrons. The molecule has 0 bridgehead atoms. The lowest BCUT2D eigenvalue weighted by atomic mass is 10.3. The minimum absolute atomic E-state index is 0.143. The van der Waals surface area contributed by atoms with Gasteiger partial charge in [0.15, 0.2) is 12.4 Å². The molecule has 0 aliphatic heterocycles. The van der Waals surface area contributed by atoms with E-state index in [-0.39, 0.29) is 22.9 Å². The van der Waals surface area contributed by atoms with Crippen LogP contribution < -0.4 is 14.8 Å². The number of nitro groups is 1. The first-order valence-electron chi connectivity index (χ1n) is 6.61. The molecule has 0 unspecified atom stereocenters. The van der Waals surface area contributed by atoms with Crippen molar-refractivity contribution in [3.63, 3.8) is 0 Å². The van der Waals surface area contributed by atoms with Gasteiger partial charge in [-0.25, -0.2) is 8.78 Å². The van der Waals surface area contributed by atoms with Crippen LogP contribution in [0.3, 0.4) is 0 Å². The molecule has 0 spiro atoms. The van der Waals surface area contributed by atoms with Gasteiger partial charge in [-0.15, -0.1) is 0 Å². The predicted molar refractivity (Wildman–Crippen MR) is 80.1 cm³/mol. The Hall–Kier alpha value is -3.23. The number of nitrogens with zero attached hydrogens (tertiary/aromatic N) is 1. The molecule has 1 amide bonds. The Bertz CT molecular complexity index is 782. The zero-order chi connectivity index (χ0) is 17.7. The number of amides is 1. The van der Waals surface area contributed by atoms with E-state index in [2.05, 4.69) is 5.32 Å². The van der Waals surface area contributed by atoms with Crippen molar-refractivity contribution in [3.05, 3.63) is 58.1 Å². The summed E-state index contributed by atoms with van der Waals surface area (Å²) in [6, 6.07) is 6.51. The number of hydrogen-bond acceptors (Lipinski definition) is 5. The molecule has 0 fully saturated rings. The van der Waals surface area contributed by atoms with Gasteiger partial charge in [0.1, 0.15) is 17.4 Å². The first kappa shape index (κ1) is 17.1. The fourth-order valence-corrected chi connectivity index (χ4v) is 1.81. The number of carbonyl (C=O) groups excluding carboxylic acids is 1. The molecule has 2 aromatic rings.